The Morgan fingerprint density at radius 2 is 1.94 bits per heavy atom. The minimum absolute atomic E-state index is 0.518. The molecule has 2 heteroatoms. The van der Waals surface area contributed by atoms with E-state index in [2.05, 4.69) is 25.1 Å². The lowest BCUT2D eigenvalue weighted by Crippen LogP contribution is -2.03. The Morgan fingerprint density at radius 1 is 1.12 bits per heavy atom. The van der Waals surface area contributed by atoms with Crippen LogP contribution < -0.4 is 10.5 Å². The van der Waals surface area contributed by atoms with Crippen LogP contribution in [-0.4, -0.2) is 6.61 Å². The summed E-state index contributed by atoms with van der Waals surface area (Å²) >= 11 is 0. The third-order valence-corrected chi connectivity index (χ3v) is 2.63. The molecule has 0 unspecified atom stereocenters. The standard InChI is InChI=1S/C14H17NO/c1-2-9-16-14-12(10-15)8-7-11-5-3-4-6-13(11)14/h3-8H,2,9-10,15H2,1H3. The molecule has 0 fully saturated rings. The summed E-state index contributed by atoms with van der Waals surface area (Å²) in [6.45, 7) is 3.36. The molecule has 2 N–H and O–H groups in total. The first-order valence-corrected chi connectivity index (χ1v) is 5.70. The van der Waals surface area contributed by atoms with Crippen molar-refractivity contribution < 1.29 is 4.74 Å². The van der Waals surface area contributed by atoms with Crippen molar-refractivity contribution >= 4 is 10.8 Å². The van der Waals surface area contributed by atoms with Crippen molar-refractivity contribution in [2.75, 3.05) is 6.61 Å². The molecule has 0 radical (unpaired) electrons. The topological polar surface area (TPSA) is 35.2 Å². The van der Waals surface area contributed by atoms with Crippen molar-refractivity contribution in [3.63, 3.8) is 0 Å². The van der Waals surface area contributed by atoms with Gasteiger partial charge in [0.25, 0.3) is 0 Å². The van der Waals surface area contributed by atoms with Crippen molar-refractivity contribution in [3.8, 4) is 5.75 Å². The van der Waals surface area contributed by atoms with Crippen LogP contribution in [0.15, 0.2) is 36.4 Å². The van der Waals surface area contributed by atoms with E-state index >= 15 is 0 Å². The average Bonchev–Trinajstić information content (AvgIpc) is 2.35. The van der Waals surface area contributed by atoms with Gasteiger partial charge in [-0.3, -0.25) is 0 Å². The van der Waals surface area contributed by atoms with Crippen LogP contribution in [0.5, 0.6) is 5.75 Å². The molecule has 2 nitrogen and oxygen atoms in total. The minimum Gasteiger partial charge on any atom is -0.493 e. The van der Waals surface area contributed by atoms with Gasteiger partial charge >= 0.3 is 0 Å². The highest BCUT2D eigenvalue weighted by Crippen LogP contribution is 2.29. The van der Waals surface area contributed by atoms with Crippen LogP contribution in [0.4, 0.5) is 0 Å². The van der Waals surface area contributed by atoms with Gasteiger partial charge in [-0.15, -0.1) is 0 Å². The molecule has 0 spiro atoms. The third-order valence-electron chi connectivity index (χ3n) is 2.63. The van der Waals surface area contributed by atoms with Crippen LogP contribution in [0.3, 0.4) is 0 Å². The van der Waals surface area contributed by atoms with Gasteiger partial charge in [-0.05, 0) is 11.8 Å². The van der Waals surface area contributed by atoms with E-state index in [-0.39, 0.29) is 0 Å². The molecule has 0 saturated heterocycles. The summed E-state index contributed by atoms with van der Waals surface area (Å²) in [5, 5.41) is 2.35. The SMILES string of the molecule is CCCOc1c(CN)ccc2ccccc12. The Labute approximate surface area is 96.0 Å². The van der Waals surface area contributed by atoms with E-state index < -0.39 is 0 Å². The second-order valence-corrected chi connectivity index (χ2v) is 3.83. The second-order valence-electron chi connectivity index (χ2n) is 3.83. The van der Waals surface area contributed by atoms with Gasteiger partial charge in [0.05, 0.1) is 6.61 Å². The zero-order valence-electron chi connectivity index (χ0n) is 9.57. The molecule has 2 aromatic carbocycles. The summed E-state index contributed by atoms with van der Waals surface area (Å²) in [5.74, 6) is 0.947. The smallest absolute Gasteiger partial charge is 0.131 e. The summed E-state index contributed by atoms with van der Waals surface area (Å²) < 4.78 is 5.81. The van der Waals surface area contributed by atoms with Crippen molar-refractivity contribution in [1.29, 1.82) is 0 Å². The minimum atomic E-state index is 0.518. The predicted molar refractivity (Wildman–Crippen MR) is 67.6 cm³/mol. The molecule has 0 aliphatic heterocycles. The first-order valence-electron chi connectivity index (χ1n) is 5.70. The molecule has 84 valence electrons. The summed E-state index contributed by atoms with van der Waals surface area (Å²) in [4.78, 5) is 0. The zero-order chi connectivity index (χ0) is 11.4. The van der Waals surface area contributed by atoms with Crippen molar-refractivity contribution in [2.24, 2.45) is 5.73 Å². The first-order chi connectivity index (χ1) is 7.86. The third kappa shape index (κ3) is 2.02. The molecule has 0 aromatic heterocycles. The molecule has 2 rings (SSSR count). The maximum Gasteiger partial charge on any atom is 0.131 e. The Bertz CT molecular complexity index is 479. The second kappa shape index (κ2) is 4.99. The quantitative estimate of drug-likeness (QED) is 0.850. The van der Waals surface area contributed by atoms with E-state index in [4.69, 9.17) is 10.5 Å². The molecular formula is C14H17NO. The fourth-order valence-electron chi connectivity index (χ4n) is 1.82. The number of hydrogen-bond donors (Lipinski definition) is 1. The van der Waals surface area contributed by atoms with Crippen LogP contribution in [0.1, 0.15) is 18.9 Å². The largest absolute Gasteiger partial charge is 0.493 e. The molecule has 0 aliphatic rings. The monoisotopic (exact) mass is 215 g/mol. The van der Waals surface area contributed by atoms with E-state index in [1.165, 1.54) is 5.39 Å². The molecule has 16 heavy (non-hydrogen) atoms. The highest BCUT2D eigenvalue weighted by Gasteiger charge is 2.06. The van der Waals surface area contributed by atoms with Crippen LogP contribution in [0.2, 0.25) is 0 Å². The number of benzene rings is 2. The van der Waals surface area contributed by atoms with Gasteiger partial charge in [0.1, 0.15) is 5.75 Å². The Hall–Kier alpha value is -1.54. The van der Waals surface area contributed by atoms with Crippen LogP contribution in [0.25, 0.3) is 10.8 Å². The maximum atomic E-state index is 5.81. The lowest BCUT2D eigenvalue weighted by molar-refractivity contribution is 0.318. The van der Waals surface area contributed by atoms with Crippen LogP contribution in [-0.2, 0) is 6.54 Å². The van der Waals surface area contributed by atoms with E-state index in [1.54, 1.807) is 0 Å². The molecule has 0 atom stereocenters. The van der Waals surface area contributed by atoms with Crippen molar-refractivity contribution in [3.05, 3.63) is 42.0 Å². The van der Waals surface area contributed by atoms with E-state index in [0.717, 1.165) is 29.7 Å². The predicted octanol–water partition coefficient (Wildman–Crippen LogP) is 3.09. The molecule has 0 amide bonds. The number of ether oxygens (including phenoxy) is 1. The molecule has 0 aliphatic carbocycles. The maximum absolute atomic E-state index is 5.81. The van der Waals surface area contributed by atoms with Crippen LogP contribution in [0, 0.1) is 0 Å². The zero-order valence-corrected chi connectivity index (χ0v) is 9.57. The fourth-order valence-corrected chi connectivity index (χ4v) is 1.82. The van der Waals surface area contributed by atoms with Crippen molar-refractivity contribution in [2.45, 2.75) is 19.9 Å². The van der Waals surface area contributed by atoms with E-state index in [9.17, 15) is 0 Å². The lowest BCUT2D eigenvalue weighted by Gasteiger charge is -2.12. The highest BCUT2D eigenvalue weighted by molar-refractivity contribution is 5.89. The average molecular weight is 215 g/mol. The Kier molecular flexibility index (Phi) is 3.42. The van der Waals surface area contributed by atoms with Gasteiger partial charge in [-0.1, -0.05) is 43.3 Å². The Morgan fingerprint density at radius 3 is 2.69 bits per heavy atom. The fraction of sp³-hybridized carbons (Fsp3) is 0.286. The van der Waals surface area contributed by atoms with Gasteiger partial charge in [0.15, 0.2) is 0 Å². The molecule has 0 bridgehead atoms. The van der Waals surface area contributed by atoms with Gasteiger partial charge in [-0.25, -0.2) is 0 Å². The molecule has 0 saturated carbocycles. The lowest BCUT2D eigenvalue weighted by atomic mass is 10.1. The molecular weight excluding hydrogens is 198 g/mol. The summed E-state index contributed by atoms with van der Waals surface area (Å²) in [5.41, 5.74) is 6.81. The van der Waals surface area contributed by atoms with Crippen molar-refractivity contribution in [1.82, 2.24) is 0 Å². The molecule has 0 heterocycles. The van der Waals surface area contributed by atoms with Gasteiger partial charge in [0.2, 0.25) is 0 Å². The first kappa shape index (κ1) is 11.0. The summed E-state index contributed by atoms with van der Waals surface area (Å²) in [6, 6.07) is 12.4. The van der Waals surface area contributed by atoms with E-state index in [0.29, 0.717) is 6.54 Å². The number of fused-ring (bicyclic) bond motifs is 1. The molecule has 2 aromatic rings. The number of hydrogen-bond acceptors (Lipinski definition) is 2. The highest BCUT2D eigenvalue weighted by atomic mass is 16.5. The Balaban J connectivity index is 2.54. The normalized spacial score (nSPS) is 10.6. The summed E-state index contributed by atoms with van der Waals surface area (Å²) in [7, 11) is 0. The van der Waals surface area contributed by atoms with E-state index in [1.807, 2.05) is 18.2 Å². The van der Waals surface area contributed by atoms with Gasteiger partial charge in [-0.2, -0.15) is 0 Å². The number of rotatable bonds is 4. The van der Waals surface area contributed by atoms with Gasteiger partial charge < -0.3 is 10.5 Å². The van der Waals surface area contributed by atoms with Crippen LogP contribution >= 0.6 is 0 Å². The summed E-state index contributed by atoms with van der Waals surface area (Å²) in [6.07, 6.45) is 1.01. The van der Waals surface area contributed by atoms with Gasteiger partial charge in [0, 0.05) is 17.5 Å². The number of nitrogens with two attached hydrogens (primary N) is 1.